The van der Waals surface area contributed by atoms with Crippen molar-refractivity contribution in [3.05, 3.63) is 88.9 Å². The third-order valence-corrected chi connectivity index (χ3v) is 8.03. The van der Waals surface area contributed by atoms with Crippen LogP contribution in [0.3, 0.4) is 0 Å². The lowest BCUT2D eigenvalue weighted by Crippen LogP contribution is -2.50. The van der Waals surface area contributed by atoms with E-state index in [1.54, 1.807) is 38.1 Å². The monoisotopic (exact) mass is 557 g/mol. The number of para-hydroxylation sites is 2. The Labute approximate surface area is 229 Å². The van der Waals surface area contributed by atoms with Crippen LogP contribution in [0.25, 0.3) is 0 Å². The van der Waals surface area contributed by atoms with Gasteiger partial charge >= 0.3 is 0 Å². The van der Waals surface area contributed by atoms with E-state index in [9.17, 15) is 18.0 Å². The van der Waals surface area contributed by atoms with Gasteiger partial charge in [-0.2, -0.15) is 0 Å². The highest BCUT2D eigenvalue weighted by atomic mass is 35.5. The number of rotatable bonds is 11. The average molecular weight is 558 g/mol. The second-order valence-electron chi connectivity index (χ2n) is 8.66. The molecule has 0 saturated heterocycles. The van der Waals surface area contributed by atoms with Crippen LogP contribution in [0, 0.1) is 6.92 Å². The second-order valence-corrected chi connectivity index (χ2v) is 11.0. The van der Waals surface area contributed by atoms with Crippen LogP contribution in [-0.2, 0) is 26.2 Å². The lowest BCUT2D eigenvalue weighted by atomic mass is 10.1. The molecule has 0 bridgehead atoms. The van der Waals surface area contributed by atoms with Crippen LogP contribution in [0.1, 0.15) is 25.0 Å². The zero-order valence-corrected chi connectivity index (χ0v) is 23.4. The van der Waals surface area contributed by atoms with E-state index in [0.717, 1.165) is 15.4 Å². The number of ether oxygens (including phenoxy) is 1. The summed E-state index contributed by atoms with van der Waals surface area (Å²) in [5.74, 6) is -0.609. The number of anilines is 1. The van der Waals surface area contributed by atoms with Crippen molar-refractivity contribution < 1.29 is 22.7 Å². The van der Waals surface area contributed by atoms with Crippen molar-refractivity contribution in [2.45, 2.75) is 38.3 Å². The minimum Gasteiger partial charge on any atom is -0.492 e. The Morgan fingerprint density at radius 2 is 1.63 bits per heavy atom. The Kier molecular flexibility index (Phi) is 9.77. The number of amides is 2. The first-order chi connectivity index (χ1) is 18.1. The molecule has 8 nitrogen and oxygen atoms in total. The summed E-state index contributed by atoms with van der Waals surface area (Å²) in [6.07, 6.45) is 0. The first kappa shape index (κ1) is 29.0. The van der Waals surface area contributed by atoms with Crippen molar-refractivity contribution in [3.8, 4) is 5.75 Å². The van der Waals surface area contributed by atoms with E-state index in [4.69, 9.17) is 16.3 Å². The molecular weight excluding hydrogens is 526 g/mol. The lowest BCUT2D eigenvalue weighted by Gasteiger charge is -2.32. The summed E-state index contributed by atoms with van der Waals surface area (Å²) in [7, 11) is -2.73. The Balaban J connectivity index is 2.08. The molecule has 202 valence electrons. The molecule has 0 aliphatic rings. The predicted octanol–water partition coefficient (Wildman–Crippen LogP) is 4.41. The normalized spacial score (nSPS) is 11.9. The molecule has 2 amide bonds. The van der Waals surface area contributed by atoms with E-state index in [1.165, 1.54) is 36.2 Å². The first-order valence-corrected chi connectivity index (χ1v) is 14.0. The molecule has 0 saturated carbocycles. The SMILES string of the molecule is CCOc1ccccc1N(CC(=O)N(Cc1ccc(C)cc1)[C@@H](C)C(=O)NC)S(=O)(=O)c1ccc(Cl)cc1. The quantitative estimate of drug-likeness (QED) is 0.377. The Morgan fingerprint density at radius 1 is 1.00 bits per heavy atom. The van der Waals surface area contributed by atoms with Crippen molar-refractivity contribution in [1.29, 1.82) is 0 Å². The van der Waals surface area contributed by atoms with E-state index < -0.39 is 28.5 Å². The van der Waals surface area contributed by atoms with Crippen LogP contribution in [0.15, 0.2) is 77.7 Å². The van der Waals surface area contributed by atoms with Crippen molar-refractivity contribution in [2.75, 3.05) is 24.5 Å². The molecule has 3 aromatic carbocycles. The van der Waals surface area contributed by atoms with Crippen molar-refractivity contribution in [2.24, 2.45) is 0 Å². The third kappa shape index (κ3) is 6.85. The molecule has 0 aliphatic carbocycles. The van der Waals surface area contributed by atoms with Crippen LogP contribution < -0.4 is 14.4 Å². The fraction of sp³-hybridized carbons (Fsp3) is 0.286. The predicted molar refractivity (Wildman–Crippen MR) is 149 cm³/mol. The minimum atomic E-state index is -4.22. The zero-order chi connectivity index (χ0) is 27.9. The standard InChI is InChI=1S/C28H32ClN3O5S/c1-5-37-26-9-7-6-8-25(26)32(38(35,36)24-16-14-23(29)15-17-24)19-27(33)31(21(3)28(34)30-4)18-22-12-10-20(2)11-13-22/h6-17,21H,5,18-19H2,1-4H3,(H,30,34)/t21-/m0/s1. The van der Waals surface area contributed by atoms with Gasteiger partial charge in [0.2, 0.25) is 11.8 Å². The van der Waals surface area contributed by atoms with E-state index in [2.05, 4.69) is 5.32 Å². The van der Waals surface area contributed by atoms with Gasteiger partial charge in [0.05, 0.1) is 17.2 Å². The molecule has 0 radical (unpaired) electrons. The number of benzene rings is 3. The molecule has 1 atom stereocenters. The molecule has 3 rings (SSSR count). The number of hydrogen-bond acceptors (Lipinski definition) is 5. The van der Waals surface area contributed by atoms with Crippen molar-refractivity contribution in [1.82, 2.24) is 10.2 Å². The van der Waals surface area contributed by atoms with Crippen LogP contribution in [0.5, 0.6) is 5.75 Å². The zero-order valence-electron chi connectivity index (χ0n) is 21.8. The van der Waals surface area contributed by atoms with Gasteiger partial charge in [-0.05, 0) is 62.7 Å². The van der Waals surface area contributed by atoms with Gasteiger partial charge in [0, 0.05) is 18.6 Å². The maximum Gasteiger partial charge on any atom is 0.264 e. The van der Waals surface area contributed by atoms with Gasteiger partial charge in [0.15, 0.2) is 0 Å². The number of aryl methyl sites for hydroxylation is 1. The van der Waals surface area contributed by atoms with E-state index >= 15 is 0 Å². The fourth-order valence-electron chi connectivity index (χ4n) is 3.87. The van der Waals surface area contributed by atoms with Gasteiger partial charge in [-0.15, -0.1) is 0 Å². The number of hydrogen-bond donors (Lipinski definition) is 1. The molecule has 0 heterocycles. The number of carbonyl (C=O) groups excluding carboxylic acids is 2. The summed E-state index contributed by atoms with van der Waals surface area (Å²) in [5, 5.41) is 2.95. The summed E-state index contributed by atoms with van der Waals surface area (Å²) in [5.41, 5.74) is 2.07. The molecule has 10 heteroatoms. The van der Waals surface area contributed by atoms with Crippen LogP contribution in [-0.4, -0.2) is 51.4 Å². The largest absolute Gasteiger partial charge is 0.492 e. The molecule has 0 aromatic heterocycles. The highest BCUT2D eigenvalue weighted by Crippen LogP contribution is 2.33. The number of nitrogens with one attached hydrogen (secondary N) is 1. The lowest BCUT2D eigenvalue weighted by molar-refractivity contribution is -0.139. The molecule has 38 heavy (non-hydrogen) atoms. The maximum atomic E-state index is 13.9. The third-order valence-electron chi connectivity index (χ3n) is 6.00. The fourth-order valence-corrected chi connectivity index (χ4v) is 5.42. The second kappa shape index (κ2) is 12.8. The molecule has 0 aliphatic heterocycles. The number of carbonyl (C=O) groups is 2. The van der Waals surface area contributed by atoms with Crippen molar-refractivity contribution in [3.63, 3.8) is 0 Å². The molecular formula is C28H32ClN3O5S. The van der Waals surface area contributed by atoms with Gasteiger partial charge in [-0.25, -0.2) is 8.42 Å². The van der Waals surface area contributed by atoms with Crippen LogP contribution >= 0.6 is 11.6 Å². The number of likely N-dealkylation sites (N-methyl/N-ethyl adjacent to an activating group) is 1. The number of nitrogens with zero attached hydrogens (tertiary/aromatic N) is 2. The Bertz CT molecular complexity index is 1360. The van der Waals surface area contributed by atoms with Gasteiger partial charge < -0.3 is 15.0 Å². The highest BCUT2D eigenvalue weighted by Gasteiger charge is 2.33. The number of sulfonamides is 1. The Morgan fingerprint density at radius 3 is 2.24 bits per heavy atom. The molecule has 0 spiro atoms. The molecule has 0 unspecified atom stereocenters. The van der Waals surface area contributed by atoms with E-state index in [1.807, 2.05) is 31.2 Å². The van der Waals surface area contributed by atoms with Crippen LogP contribution in [0.2, 0.25) is 5.02 Å². The van der Waals surface area contributed by atoms with Crippen LogP contribution in [0.4, 0.5) is 5.69 Å². The number of halogens is 1. The Hall–Kier alpha value is -3.56. The van der Waals surface area contributed by atoms with Gasteiger partial charge in [0.25, 0.3) is 10.0 Å². The molecule has 0 fully saturated rings. The summed E-state index contributed by atoms with van der Waals surface area (Å²) in [4.78, 5) is 27.8. The van der Waals surface area contributed by atoms with Gasteiger partial charge in [-0.1, -0.05) is 53.6 Å². The van der Waals surface area contributed by atoms with Gasteiger partial charge in [-0.3, -0.25) is 13.9 Å². The molecule has 1 N–H and O–H groups in total. The van der Waals surface area contributed by atoms with Crippen molar-refractivity contribution >= 4 is 39.1 Å². The summed E-state index contributed by atoms with van der Waals surface area (Å²) in [6.45, 7) is 5.21. The van der Waals surface area contributed by atoms with E-state index in [0.29, 0.717) is 17.4 Å². The van der Waals surface area contributed by atoms with Gasteiger partial charge in [0.1, 0.15) is 18.3 Å². The summed E-state index contributed by atoms with van der Waals surface area (Å²) in [6, 6.07) is 19.1. The summed E-state index contributed by atoms with van der Waals surface area (Å²) < 4.78 is 34.5. The topological polar surface area (TPSA) is 96.0 Å². The smallest absolute Gasteiger partial charge is 0.264 e. The average Bonchev–Trinajstić information content (AvgIpc) is 2.91. The molecule has 3 aromatic rings. The minimum absolute atomic E-state index is 0.0366. The first-order valence-electron chi connectivity index (χ1n) is 12.1. The van der Waals surface area contributed by atoms with E-state index in [-0.39, 0.29) is 23.0 Å². The summed E-state index contributed by atoms with van der Waals surface area (Å²) >= 11 is 5.99. The highest BCUT2D eigenvalue weighted by molar-refractivity contribution is 7.92. The maximum absolute atomic E-state index is 13.9.